The minimum Gasteiger partial charge on any atom is -0.282 e. The fourth-order valence-corrected chi connectivity index (χ4v) is 3.40. The molecule has 7 heteroatoms. The smallest absolute Gasteiger partial charge is 0.282 e. The van der Waals surface area contributed by atoms with Crippen molar-refractivity contribution in [1.29, 1.82) is 0 Å². The molecule has 0 spiro atoms. The van der Waals surface area contributed by atoms with Crippen molar-refractivity contribution in [2.75, 3.05) is 0 Å². The van der Waals surface area contributed by atoms with E-state index < -0.39 is 15.0 Å². The van der Waals surface area contributed by atoms with E-state index in [9.17, 15) is 13.0 Å². The Balaban J connectivity index is 2.89. The van der Waals surface area contributed by atoms with Crippen LogP contribution in [0, 0.1) is 0 Å². The molecular weight excluding hydrogens is 331 g/mol. The van der Waals surface area contributed by atoms with E-state index in [4.69, 9.17) is 34.8 Å². The molecule has 0 aliphatic carbocycles. The first-order valence-corrected chi connectivity index (χ1v) is 7.60. The average molecular weight is 338 g/mol. The minimum atomic E-state index is -4.53. The van der Waals surface area contributed by atoms with Crippen molar-refractivity contribution in [3.8, 4) is 11.1 Å². The highest BCUT2D eigenvalue weighted by Gasteiger charge is 2.24. The third-order valence-electron chi connectivity index (χ3n) is 2.46. The van der Waals surface area contributed by atoms with E-state index in [1.54, 1.807) is 30.3 Å². The molecule has 2 aromatic carbocycles. The molecule has 0 atom stereocenters. The van der Waals surface area contributed by atoms with Crippen LogP contribution in [0.5, 0.6) is 0 Å². The van der Waals surface area contributed by atoms with E-state index in [1.165, 1.54) is 6.07 Å². The van der Waals surface area contributed by atoms with Crippen molar-refractivity contribution in [3.05, 3.63) is 51.5 Å². The Hall–Kier alpha value is -0.780. The number of benzene rings is 2. The Labute approximate surface area is 125 Å². The summed E-state index contributed by atoms with van der Waals surface area (Å²) in [5.74, 6) is 0. The minimum absolute atomic E-state index is 0.109. The van der Waals surface area contributed by atoms with Crippen LogP contribution in [0.25, 0.3) is 11.1 Å². The highest BCUT2D eigenvalue weighted by molar-refractivity contribution is 7.86. The van der Waals surface area contributed by atoms with Crippen LogP contribution in [-0.2, 0) is 10.1 Å². The van der Waals surface area contributed by atoms with Gasteiger partial charge in [-0.05, 0) is 11.6 Å². The number of hydrogen-bond donors (Lipinski definition) is 1. The summed E-state index contributed by atoms with van der Waals surface area (Å²) in [6, 6.07) is 9.91. The Morgan fingerprint density at radius 1 is 0.947 bits per heavy atom. The quantitative estimate of drug-likeness (QED) is 0.645. The normalized spacial score (nSPS) is 11.6. The molecule has 100 valence electrons. The molecule has 1 N–H and O–H groups in total. The maximum absolute atomic E-state index is 11.5. The fourth-order valence-electron chi connectivity index (χ4n) is 1.66. The summed E-state index contributed by atoms with van der Waals surface area (Å²) in [5.41, 5.74) is 0.748. The summed E-state index contributed by atoms with van der Waals surface area (Å²) in [6.45, 7) is 0. The predicted octanol–water partition coefficient (Wildman–Crippen LogP) is 4.56. The molecule has 0 aliphatic heterocycles. The van der Waals surface area contributed by atoms with E-state index in [0.29, 0.717) is 5.56 Å². The van der Waals surface area contributed by atoms with Gasteiger partial charge in [-0.2, -0.15) is 8.42 Å². The van der Waals surface area contributed by atoms with Crippen LogP contribution in [0.1, 0.15) is 0 Å². The summed E-state index contributed by atoms with van der Waals surface area (Å²) in [6.07, 6.45) is 0. The molecule has 0 heterocycles. The lowest BCUT2D eigenvalue weighted by molar-refractivity contribution is 0.483. The highest BCUT2D eigenvalue weighted by atomic mass is 35.5. The van der Waals surface area contributed by atoms with Crippen LogP contribution in [0.4, 0.5) is 0 Å². The molecule has 0 unspecified atom stereocenters. The van der Waals surface area contributed by atoms with Gasteiger partial charge in [0.05, 0.1) is 15.1 Å². The molecule has 2 aromatic rings. The van der Waals surface area contributed by atoms with Gasteiger partial charge in [0.1, 0.15) is 4.90 Å². The lowest BCUT2D eigenvalue weighted by atomic mass is 10.1. The summed E-state index contributed by atoms with van der Waals surface area (Å²) in [5, 5.41) is -0.302. The third kappa shape index (κ3) is 2.88. The standard InChI is InChI=1S/C12H7Cl3O3S/c13-9-6-8(7-4-2-1-3-5-7)12(19(16,17)18)11(15)10(9)14/h1-6H,(H,16,17,18). The van der Waals surface area contributed by atoms with Crippen molar-refractivity contribution in [3.63, 3.8) is 0 Å². The van der Waals surface area contributed by atoms with Crippen LogP contribution in [-0.4, -0.2) is 13.0 Å². The maximum Gasteiger partial charge on any atom is 0.296 e. The molecule has 0 aliphatic rings. The lowest BCUT2D eigenvalue weighted by Crippen LogP contribution is -2.02. The maximum atomic E-state index is 11.5. The largest absolute Gasteiger partial charge is 0.296 e. The first-order valence-electron chi connectivity index (χ1n) is 5.03. The molecule has 0 fully saturated rings. The van der Waals surface area contributed by atoms with Crippen molar-refractivity contribution in [1.82, 2.24) is 0 Å². The summed E-state index contributed by atoms with van der Waals surface area (Å²) >= 11 is 17.6. The Morgan fingerprint density at radius 3 is 2.05 bits per heavy atom. The van der Waals surface area contributed by atoms with Gasteiger partial charge in [-0.25, -0.2) is 0 Å². The van der Waals surface area contributed by atoms with E-state index in [0.717, 1.165) is 0 Å². The zero-order chi connectivity index (χ0) is 14.2. The van der Waals surface area contributed by atoms with E-state index in [-0.39, 0.29) is 20.6 Å². The molecule has 0 amide bonds. The van der Waals surface area contributed by atoms with Crippen molar-refractivity contribution >= 4 is 44.9 Å². The van der Waals surface area contributed by atoms with Gasteiger partial charge in [0, 0.05) is 5.56 Å². The predicted molar refractivity (Wildman–Crippen MR) is 76.7 cm³/mol. The van der Waals surface area contributed by atoms with Gasteiger partial charge in [-0.1, -0.05) is 65.1 Å². The molecule has 0 radical (unpaired) electrons. The first-order chi connectivity index (χ1) is 8.82. The zero-order valence-corrected chi connectivity index (χ0v) is 12.4. The molecule has 0 saturated carbocycles. The zero-order valence-electron chi connectivity index (χ0n) is 9.27. The second kappa shape index (κ2) is 5.31. The molecule has 3 nitrogen and oxygen atoms in total. The van der Waals surface area contributed by atoms with Crippen LogP contribution >= 0.6 is 34.8 Å². The number of rotatable bonds is 2. The van der Waals surface area contributed by atoms with E-state index in [1.807, 2.05) is 0 Å². The fraction of sp³-hybridized carbons (Fsp3) is 0. The van der Waals surface area contributed by atoms with Crippen LogP contribution < -0.4 is 0 Å². The summed E-state index contributed by atoms with van der Waals surface area (Å²) < 4.78 is 32.3. The van der Waals surface area contributed by atoms with Gasteiger partial charge in [-0.3, -0.25) is 4.55 Å². The van der Waals surface area contributed by atoms with Gasteiger partial charge in [0.25, 0.3) is 10.1 Å². The SMILES string of the molecule is O=S(=O)(O)c1c(-c2ccccc2)cc(Cl)c(Cl)c1Cl. The Morgan fingerprint density at radius 2 is 1.53 bits per heavy atom. The second-order valence-electron chi connectivity index (χ2n) is 3.70. The van der Waals surface area contributed by atoms with Gasteiger partial charge in [-0.15, -0.1) is 0 Å². The van der Waals surface area contributed by atoms with Crippen LogP contribution in [0.3, 0.4) is 0 Å². The summed E-state index contributed by atoms with van der Waals surface area (Å²) in [4.78, 5) is -0.449. The molecule has 19 heavy (non-hydrogen) atoms. The van der Waals surface area contributed by atoms with Crippen molar-refractivity contribution in [2.45, 2.75) is 4.90 Å². The topological polar surface area (TPSA) is 54.4 Å². The molecule has 0 bridgehead atoms. The Kier molecular flexibility index (Phi) is 4.08. The van der Waals surface area contributed by atoms with E-state index >= 15 is 0 Å². The van der Waals surface area contributed by atoms with E-state index in [2.05, 4.69) is 0 Å². The summed E-state index contributed by atoms with van der Waals surface area (Å²) in [7, 11) is -4.53. The van der Waals surface area contributed by atoms with Crippen molar-refractivity contribution in [2.24, 2.45) is 0 Å². The molecule has 0 aromatic heterocycles. The average Bonchev–Trinajstić information content (AvgIpc) is 2.35. The van der Waals surface area contributed by atoms with Gasteiger partial charge < -0.3 is 0 Å². The molecular formula is C12H7Cl3O3S. The second-order valence-corrected chi connectivity index (χ2v) is 6.23. The van der Waals surface area contributed by atoms with Gasteiger partial charge in [0.15, 0.2) is 0 Å². The van der Waals surface area contributed by atoms with Gasteiger partial charge >= 0.3 is 0 Å². The van der Waals surface area contributed by atoms with Crippen LogP contribution in [0.15, 0.2) is 41.3 Å². The molecule has 2 rings (SSSR count). The Bertz CT molecular complexity index is 728. The monoisotopic (exact) mass is 336 g/mol. The van der Waals surface area contributed by atoms with Crippen LogP contribution in [0.2, 0.25) is 15.1 Å². The third-order valence-corrected chi connectivity index (χ3v) is 4.77. The van der Waals surface area contributed by atoms with Crippen molar-refractivity contribution < 1.29 is 13.0 Å². The first kappa shape index (κ1) is 14.6. The number of halogens is 3. The molecule has 0 saturated heterocycles. The van der Waals surface area contributed by atoms with Gasteiger partial charge in [0.2, 0.25) is 0 Å². The lowest BCUT2D eigenvalue weighted by Gasteiger charge is -2.12. The highest BCUT2D eigenvalue weighted by Crippen LogP contribution is 2.41. The number of hydrogen-bond acceptors (Lipinski definition) is 2.